The van der Waals surface area contributed by atoms with Gasteiger partial charge in [0.2, 0.25) is 11.8 Å². The Hall–Kier alpha value is -2.21. The molecular weight excluding hydrogens is 316 g/mol. The summed E-state index contributed by atoms with van der Waals surface area (Å²) in [5.74, 6) is 0.870. The molecule has 0 unspecified atom stereocenters. The van der Waals surface area contributed by atoms with Crippen LogP contribution >= 0.6 is 0 Å². The molecule has 1 amide bonds. The van der Waals surface area contributed by atoms with Gasteiger partial charge in [-0.05, 0) is 38.1 Å². The third kappa shape index (κ3) is 4.66. The van der Waals surface area contributed by atoms with Crippen molar-refractivity contribution in [2.75, 3.05) is 20.1 Å². The second kappa shape index (κ2) is 8.25. The maximum atomic E-state index is 12.4. The molecule has 1 aliphatic rings. The highest BCUT2D eigenvalue weighted by Gasteiger charge is 2.17. The highest BCUT2D eigenvalue weighted by atomic mass is 16.4. The molecule has 0 radical (unpaired) electrons. The van der Waals surface area contributed by atoms with E-state index in [1.165, 1.54) is 32.1 Å². The summed E-state index contributed by atoms with van der Waals surface area (Å²) in [7, 11) is 2.15. The van der Waals surface area contributed by atoms with Crippen LogP contribution in [0.5, 0.6) is 0 Å². The van der Waals surface area contributed by atoms with Crippen molar-refractivity contribution in [1.29, 1.82) is 0 Å². The van der Waals surface area contributed by atoms with Crippen LogP contribution in [0.25, 0.3) is 11.5 Å². The van der Waals surface area contributed by atoms with Crippen molar-refractivity contribution in [3.8, 4) is 11.5 Å². The van der Waals surface area contributed by atoms with Gasteiger partial charge >= 0.3 is 0 Å². The van der Waals surface area contributed by atoms with Gasteiger partial charge in [0.1, 0.15) is 0 Å². The van der Waals surface area contributed by atoms with E-state index in [1.807, 2.05) is 12.1 Å². The maximum absolute atomic E-state index is 12.4. The molecule has 0 spiro atoms. The average Bonchev–Trinajstić information content (AvgIpc) is 3.09. The monoisotopic (exact) mass is 342 g/mol. The number of hydrogen-bond donors (Lipinski definition) is 1. The van der Waals surface area contributed by atoms with Crippen molar-refractivity contribution >= 4 is 5.91 Å². The minimum atomic E-state index is -0.0740. The minimum absolute atomic E-state index is 0.0740. The first-order valence-electron chi connectivity index (χ1n) is 9.02. The van der Waals surface area contributed by atoms with Gasteiger partial charge in [-0.2, -0.15) is 0 Å². The van der Waals surface area contributed by atoms with E-state index in [9.17, 15) is 4.79 Å². The molecule has 2 aromatic rings. The number of aromatic nitrogens is 2. The van der Waals surface area contributed by atoms with Gasteiger partial charge in [-0.3, -0.25) is 4.79 Å². The number of benzene rings is 1. The first-order valence-corrected chi connectivity index (χ1v) is 9.02. The lowest BCUT2D eigenvalue weighted by molar-refractivity contribution is 0.0944. The minimum Gasteiger partial charge on any atom is -0.421 e. The number of nitrogens with one attached hydrogen (secondary N) is 1. The van der Waals surface area contributed by atoms with E-state index in [0.717, 1.165) is 12.1 Å². The molecule has 1 heterocycles. The molecule has 25 heavy (non-hydrogen) atoms. The van der Waals surface area contributed by atoms with Crippen LogP contribution < -0.4 is 5.32 Å². The van der Waals surface area contributed by atoms with E-state index in [-0.39, 0.29) is 5.91 Å². The topological polar surface area (TPSA) is 71.3 Å². The standard InChI is InChI=1S/C19H26N4O2/c1-14-21-22-19(25-14)16-8-6-7-15(13-16)18(24)20-11-12-23(2)17-9-4-3-5-10-17/h6-8,13,17H,3-5,9-12H2,1-2H3,(H,20,24). The summed E-state index contributed by atoms with van der Waals surface area (Å²) < 4.78 is 5.42. The smallest absolute Gasteiger partial charge is 0.251 e. The second-order valence-electron chi connectivity index (χ2n) is 6.74. The average molecular weight is 342 g/mol. The van der Waals surface area contributed by atoms with Crippen LogP contribution in [0.1, 0.15) is 48.4 Å². The van der Waals surface area contributed by atoms with Crippen LogP contribution in [0.3, 0.4) is 0 Å². The normalized spacial score (nSPS) is 15.5. The van der Waals surface area contributed by atoms with Crippen molar-refractivity contribution in [2.24, 2.45) is 0 Å². The zero-order valence-corrected chi connectivity index (χ0v) is 15.0. The van der Waals surface area contributed by atoms with Crippen LogP contribution in [0.2, 0.25) is 0 Å². The second-order valence-corrected chi connectivity index (χ2v) is 6.74. The largest absolute Gasteiger partial charge is 0.421 e. The lowest BCUT2D eigenvalue weighted by atomic mass is 9.94. The van der Waals surface area contributed by atoms with Crippen LogP contribution in [0.15, 0.2) is 28.7 Å². The predicted octanol–water partition coefficient (Wildman–Crippen LogP) is 3.04. The summed E-state index contributed by atoms with van der Waals surface area (Å²) in [5, 5.41) is 10.8. The highest BCUT2D eigenvalue weighted by Crippen LogP contribution is 2.21. The molecule has 1 fully saturated rings. The quantitative estimate of drug-likeness (QED) is 0.874. The van der Waals surface area contributed by atoms with Crippen LogP contribution in [-0.2, 0) is 0 Å². The SMILES string of the molecule is Cc1nnc(-c2cccc(C(=O)NCCN(C)C3CCCCC3)c2)o1. The van der Waals surface area contributed by atoms with Crippen LogP contribution in [0.4, 0.5) is 0 Å². The van der Waals surface area contributed by atoms with Gasteiger partial charge in [-0.1, -0.05) is 25.3 Å². The van der Waals surface area contributed by atoms with Gasteiger partial charge in [0.25, 0.3) is 5.91 Å². The number of aryl methyl sites for hydroxylation is 1. The molecule has 1 aliphatic carbocycles. The number of hydrogen-bond acceptors (Lipinski definition) is 5. The number of nitrogens with zero attached hydrogens (tertiary/aromatic N) is 3. The van der Waals surface area contributed by atoms with Gasteiger partial charge < -0.3 is 14.6 Å². The molecule has 1 aromatic heterocycles. The van der Waals surface area contributed by atoms with Crippen LogP contribution in [0, 0.1) is 6.92 Å². The zero-order chi connectivity index (χ0) is 17.6. The van der Waals surface area contributed by atoms with Crippen molar-refractivity contribution in [1.82, 2.24) is 20.4 Å². The van der Waals surface area contributed by atoms with E-state index in [4.69, 9.17) is 4.42 Å². The zero-order valence-electron chi connectivity index (χ0n) is 15.0. The number of likely N-dealkylation sites (N-methyl/N-ethyl adjacent to an activating group) is 1. The van der Waals surface area contributed by atoms with Gasteiger partial charge in [-0.15, -0.1) is 10.2 Å². The van der Waals surface area contributed by atoms with E-state index in [0.29, 0.717) is 29.9 Å². The fourth-order valence-corrected chi connectivity index (χ4v) is 3.36. The van der Waals surface area contributed by atoms with Crippen molar-refractivity contribution in [2.45, 2.75) is 45.1 Å². The lowest BCUT2D eigenvalue weighted by Gasteiger charge is -2.31. The van der Waals surface area contributed by atoms with E-state index < -0.39 is 0 Å². The van der Waals surface area contributed by atoms with Crippen molar-refractivity contribution in [3.63, 3.8) is 0 Å². The number of rotatable bonds is 6. The van der Waals surface area contributed by atoms with E-state index in [1.54, 1.807) is 19.1 Å². The molecule has 1 N–H and O–H groups in total. The summed E-state index contributed by atoms with van der Waals surface area (Å²) in [5.41, 5.74) is 1.36. The summed E-state index contributed by atoms with van der Waals surface area (Å²) in [6.45, 7) is 3.27. The van der Waals surface area contributed by atoms with Gasteiger partial charge in [0.15, 0.2) is 0 Å². The first kappa shape index (κ1) is 17.6. The molecule has 0 bridgehead atoms. The van der Waals surface area contributed by atoms with Gasteiger partial charge in [-0.25, -0.2) is 0 Å². The molecule has 3 rings (SSSR count). The fourth-order valence-electron chi connectivity index (χ4n) is 3.36. The van der Waals surface area contributed by atoms with Crippen molar-refractivity contribution < 1.29 is 9.21 Å². The molecule has 0 saturated heterocycles. The third-order valence-corrected chi connectivity index (χ3v) is 4.85. The Bertz CT molecular complexity index is 707. The van der Waals surface area contributed by atoms with Gasteiger partial charge in [0.05, 0.1) is 0 Å². The third-order valence-electron chi connectivity index (χ3n) is 4.85. The summed E-state index contributed by atoms with van der Waals surface area (Å²) in [4.78, 5) is 14.8. The molecule has 134 valence electrons. The Balaban J connectivity index is 1.53. The Labute approximate surface area is 148 Å². The summed E-state index contributed by atoms with van der Waals surface area (Å²) >= 11 is 0. The Kier molecular flexibility index (Phi) is 5.81. The molecular formula is C19H26N4O2. The molecule has 1 saturated carbocycles. The number of carbonyl (C=O) groups excluding carboxylic acids is 1. The van der Waals surface area contributed by atoms with Crippen molar-refractivity contribution in [3.05, 3.63) is 35.7 Å². The molecule has 0 aliphatic heterocycles. The van der Waals surface area contributed by atoms with Gasteiger partial charge in [0, 0.05) is 37.2 Å². The fraction of sp³-hybridized carbons (Fsp3) is 0.526. The molecule has 0 atom stereocenters. The maximum Gasteiger partial charge on any atom is 0.251 e. The van der Waals surface area contributed by atoms with E-state index >= 15 is 0 Å². The summed E-state index contributed by atoms with van der Waals surface area (Å²) in [6.07, 6.45) is 6.55. The Morgan fingerprint density at radius 3 is 2.80 bits per heavy atom. The number of amides is 1. The Morgan fingerprint density at radius 2 is 2.08 bits per heavy atom. The molecule has 1 aromatic carbocycles. The van der Waals surface area contributed by atoms with Crippen LogP contribution in [-0.4, -0.2) is 47.2 Å². The Morgan fingerprint density at radius 1 is 1.28 bits per heavy atom. The predicted molar refractivity (Wildman–Crippen MR) is 96.3 cm³/mol. The molecule has 6 nitrogen and oxygen atoms in total. The highest BCUT2D eigenvalue weighted by molar-refractivity contribution is 5.95. The summed E-state index contributed by atoms with van der Waals surface area (Å²) in [6, 6.07) is 7.94. The van der Waals surface area contributed by atoms with E-state index in [2.05, 4.69) is 27.5 Å². The molecule has 6 heteroatoms. The number of carbonyl (C=O) groups is 1. The lowest BCUT2D eigenvalue weighted by Crippen LogP contribution is -2.39. The first-order chi connectivity index (χ1) is 12.1.